The van der Waals surface area contributed by atoms with E-state index in [0.717, 1.165) is 10.4 Å². The normalized spacial score (nSPS) is 10.6. The van der Waals surface area contributed by atoms with Crippen molar-refractivity contribution in [3.05, 3.63) is 51.2 Å². The topological polar surface area (TPSA) is 70.6 Å². The summed E-state index contributed by atoms with van der Waals surface area (Å²) in [5.74, 6) is -1.63. The highest BCUT2D eigenvalue weighted by molar-refractivity contribution is 7.11. The van der Waals surface area contributed by atoms with E-state index < -0.39 is 11.8 Å². The standard InChI is InChI=1S/C14H12ClN3O2S/c1-9-6-7-21-12(9)8-16-18-14(20)13(19)17-11-4-2-10(15)3-5-11/h2-8H,1H3,(H,17,19)(H,18,20)/b16-8+. The fourth-order valence-corrected chi connectivity index (χ4v) is 2.35. The largest absolute Gasteiger partial charge is 0.329 e. The Balaban J connectivity index is 1.88. The van der Waals surface area contributed by atoms with Crippen LogP contribution in [0, 0.1) is 6.92 Å². The molecule has 0 atom stereocenters. The van der Waals surface area contributed by atoms with Gasteiger partial charge in [-0.05, 0) is 48.2 Å². The van der Waals surface area contributed by atoms with Gasteiger partial charge in [0.25, 0.3) is 0 Å². The number of aryl methyl sites for hydroxylation is 1. The lowest BCUT2D eigenvalue weighted by atomic mass is 10.3. The minimum atomic E-state index is -0.838. The molecule has 1 aromatic carbocycles. The predicted molar refractivity (Wildman–Crippen MR) is 84.9 cm³/mol. The molecule has 0 fully saturated rings. The fraction of sp³-hybridized carbons (Fsp3) is 0.0714. The second-order valence-electron chi connectivity index (χ2n) is 4.13. The summed E-state index contributed by atoms with van der Waals surface area (Å²) in [6, 6.07) is 8.39. The van der Waals surface area contributed by atoms with Gasteiger partial charge in [-0.15, -0.1) is 11.3 Å². The third-order valence-corrected chi connectivity index (χ3v) is 3.76. The molecule has 2 aromatic rings. The van der Waals surface area contributed by atoms with Crippen molar-refractivity contribution in [1.29, 1.82) is 0 Å². The molecule has 1 heterocycles. The summed E-state index contributed by atoms with van der Waals surface area (Å²) in [7, 11) is 0. The van der Waals surface area contributed by atoms with Crippen LogP contribution in [0.5, 0.6) is 0 Å². The maximum Gasteiger partial charge on any atom is 0.329 e. The van der Waals surface area contributed by atoms with Gasteiger partial charge in [0.05, 0.1) is 6.21 Å². The Morgan fingerprint density at radius 2 is 1.90 bits per heavy atom. The number of hydrazone groups is 1. The average Bonchev–Trinajstić information content (AvgIpc) is 2.87. The maximum absolute atomic E-state index is 11.6. The van der Waals surface area contributed by atoms with Crippen LogP contribution in [0.2, 0.25) is 5.02 Å². The molecule has 21 heavy (non-hydrogen) atoms. The van der Waals surface area contributed by atoms with Crippen molar-refractivity contribution in [3.8, 4) is 0 Å². The van der Waals surface area contributed by atoms with E-state index in [4.69, 9.17) is 11.6 Å². The zero-order chi connectivity index (χ0) is 15.2. The minimum absolute atomic E-state index is 0.484. The van der Waals surface area contributed by atoms with Crippen molar-refractivity contribution < 1.29 is 9.59 Å². The van der Waals surface area contributed by atoms with E-state index in [9.17, 15) is 9.59 Å². The van der Waals surface area contributed by atoms with Gasteiger partial charge in [0, 0.05) is 15.6 Å². The Morgan fingerprint density at radius 3 is 2.52 bits per heavy atom. The van der Waals surface area contributed by atoms with Crippen LogP contribution in [-0.2, 0) is 9.59 Å². The Kier molecular flexibility index (Phi) is 5.08. The second kappa shape index (κ2) is 7.01. The number of anilines is 1. The lowest BCUT2D eigenvalue weighted by Gasteiger charge is -2.03. The quantitative estimate of drug-likeness (QED) is 0.518. The van der Waals surface area contributed by atoms with Crippen LogP contribution in [0.4, 0.5) is 5.69 Å². The first-order chi connectivity index (χ1) is 10.1. The summed E-state index contributed by atoms with van der Waals surface area (Å²) in [4.78, 5) is 24.1. The molecule has 2 rings (SSSR count). The monoisotopic (exact) mass is 321 g/mol. The SMILES string of the molecule is Cc1ccsc1/C=N/NC(=O)C(=O)Nc1ccc(Cl)cc1. The maximum atomic E-state index is 11.6. The second-order valence-corrected chi connectivity index (χ2v) is 5.51. The van der Waals surface area contributed by atoms with Gasteiger partial charge < -0.3 is 5.32 Å². The molecule has 2 amide bonds. The Hall–Kier alpha value is -2.18. The Morgan fingerprint density at radius 1 is 1.19 bits per heavy atom. The number of carbonyl (C=O) groups excluding carboxylic acids is 2. The lowest BCUT2D eigenvalue weighted by molar-refractivity contribution is -0.136. The van der Waals surface area contributed by atoms with Crippen molar-refractivity contribution in [3.63, 3.8) is 0 Å². The summed E-state index contributed by atoms with van der Waals surface area (Å²) in [6.07, 6.45) is 1.51. The fourth-order valence-electron chi connectivity index (χ4n) is 1.44. The molecule has 0 radical (unpaired) electrons. The summed E-state index contributed by atoms with van der Waals surface area (Å²) in [5, 5.41) is 8.67. The number of thiophene rings is 1. The van der Waals surface area contributed by atoms with Gasteiger partial charge >= 0.3 is 11.8 Å². The molecule has 2 N–H and O–H groups in total. The summed E-state index contributed by atoms with van der Waals surface area (Å²) in [6.45, 7) is 1.94. The number of amides is 2. The molecular formula is C14H12ClN3O2S. The van der Waals surface area contributed by atoms with Gasteiger partial charge in [-0.2, -0.15) is 5.10 Å². The molecule has 0 saturated heterocycles. The Labute approximate surface area is 130 Å². The van der Waals surface area contributed by atoms with Gasteiger partial charge in [-0.3, -0.25) is 9.59 Å². The molecule has 5 nitrogen and oxygen atoms in total. The Bertz CT molecular complexity index is 680. The van der Waals surface area contributed by atoms with E-state index in [-0.39, 0.29) is 0 Å². The van der Waals surface area contributed by atoms with Crippen LogP contribution >= 0.6 is 22.9 Å². The van der Waals surface area contributed by atoms with Crippen molar-refractivity contribution in [2.75, 3.05) is 5.32 Å². The van der Waals surface area contributed by atoms with Crippen molar-refractivity contribution >= 4 is 46.7 Å². The highest BCUT2D eigenvalue weighted by atomic mass is 35.5. The van der Waals surface area contributed by atoms with Crippen LogP contribution in [0.15, 0.2) is 40.8 Å². The van der Waals surface area contributed by atoms with Gasteiger partial charge in [0.15, 0.2) is 0 Å². The number of rotatable bonds is 3. The van der Waals surface area contributed by atoms with Crippen molar-refractivity contribution in [1.82, 2.24) is 5.43 Å². The van der Waals surface area contributed by atoms with E-state index in [1.807, 2.05) is 18.4 Å². The van der Waals surface area contributed by atoms with Gasteiger partial charge in [0.2, 0.25) is 0 Å². The van der Waals surface area contributed by atoms with E-state index in [1.165, 1.54) is 17.6 Å². The first-order valence-corrected chi connectivity index (χ1v) is 7.26. The smallest absolute Gasteiger partial charge is 0.318 e. The highest BCUT2D eigenvalue weighted by Gasteiger charge is 2.12. The molecule has 0 spiro atoms. The van der Waals surface area contributed by atoms with Crippen molar-refractivity contribution in [2.45, 2.75) is 6.92 Å². The van der Waals surface area contributed by atoms with Crippen LogP contribution in [-0.4, -0.2) is 18.0 Å². The predicted octanol–water partition coefficient (Wildman–Crippen LogP) is 2.80. The molecule has 0 aliphatic heterocycles. The molecule has 7 heteroatoms. The van der Waals surface area contributed by atoms with Gasteiger partial charge in [0.1, 0.15) is 0 Å². The van der Waals surface area contributed by atoms with Crippen LogP contribution < -0.4 is 10.7 Å². The van der Waals surface area contributed by atoms with Crippen LogP contribution in [0.1, 0.15) is 10.4 Å². The molecule has 0 bridgehead atoms. The number of carbonyl (C=O) groups is 2. The summed E-state index contributed by atoms with van der Waals surface area (Å²) in [5.41, 5.74) is 3.72. The third-order valence-electron chi connectivity index (χ3n) is 2.56. The first-order valence-electron chi connectivity index (χ1n) is 6.00. The van der Waals surface area contributed by atoms with E-state index in [0.29, 0.717) is 10.7 Å². The number of hydrogen-bond acceptors (Lipinski definition) is 4. The molecule has 108 valence electrons. The molecule has 0 saturated carbocycles. The average molecular weight is 322 g/mol. The highest BCUT2D eigenvalue weighted by Crippen LogP contribution is 2.13. The summed E-state index contributed by atoms with van der Waals surface area (Å²) >= 11 is 7.23. The van der Waals surface area contributed by atoms with E-state index in [2.05, 4.69) is 15.8 Å². The van der Waals surface area contributed by atoms with E-state index in [1.54, 1.807) is 24.3 Å². The minimum Gasteiger partial charge on any atom is -0.318 e. The van der Waals surface area contributed by atoms with Gasteiger partial charge in [-0.1, -0.05) is 11.6 Å². The molecule has 0 aliphatic rings. The lowest BCUT2D eigenvalue weighted by Crippen LogP contribution is -2.32. The molecular weight excluding hydrogens is 310 g/mol. The van der Waals surface area contributed by atoms with E-state index >= 15 is 0 Å². The molecule has 1 aromatic heterocycles. The molecule has 0 unspecified atom stereocenters. The van der Waals surface area contributed by atoms with Crippen LogP contribution in [0.3, 0.4) is 0 Å². The number of nitrogens with zero attached hydrogens (tertiary/aromatic N) is 1. The van der Waals surface area contributed by atoms with Gasteiger partial charge in [-0.25, -0.2) is 5.43 Å². The number of hydrogen-bond donors (Lipinski definition) is 2. The number of halogens is 1. The summed E-state index contributed by atoms with van der Waals surface area (Å²) < 4.78 is 0. The number of nitrogens with one attached hydrogen (secondary N) is 2. The van der Waals surface area contributed by atoms with Crippen LogP contribution in [0.25, 0.3) is 0 Å². The first kappa shape index (κ1) is 15.2. The third kappa shape index (κ3) is 4.40. The number of benzene rings is 1. The molecule has 0 aliphatic carbocycles. The van der Waals surface area contributed by atoms with Crippen molar-refractivity contribution in [2.24, 2.45) is 5.10 Å². The zero-order valence-corrected chi connectivity index (χ0v) is 12.7. The zero-order valence-electron chi connectivity index (χ0n) is 11.1.